The zero-order valence-electron chi connectivity index (χ0n) is 8.42. The van der Waals surface area contributed by atoms with Crippen LogP contribution < -0.4 is 0 Å². The zero-order valence-corrected chi connectivity index (χ0v) is 8.42. The Hall–Kier alpha value is -1.32. The molecule has 0 spiro atoms. The van der Waals surface area contributed by atoms with Gasteiger partial charge in [-0.2, -0.15) is 0 Å². The summed E-state index contributed by atoms with van der Waals surface area (Å²) in [6.07, 6.45) is 0.332. The maximum atomic E-state index is 11.5. The van der Waals surface area contributed by atoms with E-state index in [-0.39, 0.29) is 11.9 Å². The quantitative estimate of drug-likeness (QED) is 0.564. The summed E-state index contributed by atoms with van der Waals surface area (Å²) in [5.41, 5.74) is 1.81. The van der Waals surface area contributed by atoms with Crippen LogP contribution >= 0.6 is 0 Å². The molecule has 0 bridgehead atoms. The predicted molar refractivity (Wildman–Crippen MR) is 48.9 cm³/mol. The molecule has 0 saturated heterocycles. The molecule has 0 saturated carbocycles. The van der Waals surface area contributed by atoms with Gasteiger partial charge in [-0.25, -0.2) is 4.79 Å². The van der Waals surface area contributed by atoms with Crippen molar-refractivity contribution in [3.63, 3.8) is 0 Å². The van der Waals surface area contributed by atoms with E-state index in [1.54, 1.807) is 7.05 Å². The smallest absolute Gasteiger partial charge is 0.301 e. The number of allylic oxidation sites excluding steroid dienone is 1. The number of carbonyl (C=O) groups is 2. The van der Waals surface area contributed by atoms with Gasteiger partial charge >= 0.3 is 6.03 Å². The summed E-state index contributed by atoms with van der Waals surface area (Å²) < 4.78 is 0. The van der Waals surface area contributed by atoms with Crippen LogP contribution in [-0.2, 0) is 4.79 Å². The molecular formula is C9H14N2O2. The van der Waals surface area contributed by atoms with Crippen LogP contribution in [0.5, 0.6) is 0 Å². The Balaban J connectivity index is 3.09. The second-order valence-corrected chi connectivity index (χ2v) is 3.34. The highest BCUT2D eigenvalue weighted by Crippen LogP contribution is 2.18. The standard InChI is InChI=1S/C9H14N2O2/c1-6-5-8(12)11(4)9(13)10(3)7(6)2/h5H2,1-4H3. The second kappa shape index (κ2) is 3.20. The van der Waals surface area contributed by atoms with Crippen LogP contribution in [0, 0.1) is 0 Å². The summed E-state index contributed by atoms with van der Waals surface area (Å²) in [5, 5.41) is 0. The second-order valence-electron chi connectivity index (χ2n) is 3.34. The van der Waals surface area contributed by atoms with Gasteiger partial charge in [0, 0.05) is 26.2 Å². The van der Waals surface area contributed by atoms with E-state index in [1.165, 1.54) is 11.9 Å². The Morgan fingerprint density at radius 1 is 1.08 bits per heavy atom. The fourth-order valence-electron chi connectivity index (χ4n) is 1.23. The lowest BCUT2D eigenvalue weighted by Crippen LogP contribution is -2.39. The largest absolute Gasteiger partial charge is 0.330 e. The molecule has 4 nitrogen and oxygen atoms in total. The van der Waals surface area contributed by atoms with E-state index >= 15 is 0 Å². The molecule has 1 heterocycles. The van der Waals surface area contributed by atoms with Crippen LogP contribution in [0.1, 0.15) is 20.3 Å². The lowest BCUT2D eigenvalue weighted by molar-refractivity contribution is -0.126. The van der Waals surface area contributed by atoms with Crippen molar-refractivity contribution in [3.8, 4) is 0 Å². The van der Waals surface area contributed by atoms with Crippen molar-refractivity contribution < 1.29 is 9.59 Å². The molecule has 0 N–H and O–H groups in total. The summed E-state index contributed by atoms with van der Waals surface area (Å²) in [4.78, 5) is 25.5. The van der Waals surface area contributed by atoms with Gasteiger partial charge in [0.05, 0.1) is 0 Å². The Morgan fingerprint density at radius 2 is 1.62 bits per heavy atom. The third kappa shape index (κ3) is 1.56. The Morgan fingerprint density at radius 3 is 2.15 bits per heavy atom. The van der Waals surface area contributed by atoms with Crippen molar-refractivity contribution in [1.82, 2.24) is 9.80 Å². The highest BCUT2D eigenvalue weighted by atomic mass is 16.2. The predicted octanol–water partition coefficient (Wildman–Crippen LogP) is 1.19. The van der Waals surface area contributed by atoms with Crippen molar-refractivity contribution in [2.45, 2.75) is 20.3 Å². The number of hydrogen-bond acceptors (Lipinski definition) is 2. The first-order chi connectivity index (χ1) is 5.95. The number of imide groups is 1. The summed E-state index contributed by atoms with van der Waals surface area (Å²) in [7, 11) is 3.18. The minimum Gasteiger partial charge on any atom is -0.301 e. The minimum atomic E-state index is -0.264. The first-order valence-corrected chi connectivity index (χ1v) is 4.15. The molecule has 13 heavy (non-hydrogen) atoms. The van der Waals surface area contributed by atoms with Gasteiger partial charge in [-0.3, -0.25) is 9.69 Å². The number of nitrogens with zero attached hydrogens (tertiary/aromatic N) is 2. The van der Waals surface area contributed by atoms with Gasteiger partial charge in [-0.15, -0.1) is 0 Å². The van der Waals surface area contributed by atoms with Gasteiger partial charge in [-0.05, 0) is 19.4 Å². The lowest BCUT2D eigenvalue weighted by Gasteiger charge is -2.20. The summed E-state index contributed by atoms with van der Waals surface area (Å²) in [6, 6.07) is -0.264. The molecule has 3 amide bonds. The van der Waals surface area contributed by atoms with E-state index in [0.717, 1.165) is 16.2 Å². The van der Waals surface area contributed by atoms with Crippen molar-refractivity contribution >= 4 is 11.9 Å². The monoisotopic (exact) mass is 182 g/mol. The topological polar surface area (TPSA) is 40.6 Å². The zero-order chi connectivity index (χ0) is 10.2. The number of urea groups is 1. The highest BCUT2D eigenvalue weighted by Gasteiger charge is 2.26. The van der Waals surface area contributed by atoms with Crippen molar-refractivity contribution in [2.75, 3.05) is 14.1 Å². The first kappa shape index (κ1) is 9.77. The molecule has 0 unspecified atom stereocenters. The summed E-state index contributed by atoms with van der Waals surface area (Å²) in [5.74, 6) is -0.147. The van der Waals surface area contributed by atoms with E-state index < -0.39 is 0 Å². The SMILES string of the molecule is CC1=C(C)N(C)C(=O)N(C)C(=O)C1. The molecule has 0 aliphatic carbocycles. The van der Waals surface area contributed by atoms with Gasteiger partial charge in [0.25, 0.3) is 0 Å². The maximum absolute atomic E-state index is 11.5. The van der Waals surface area contributed by atoms with E-state index in [4.69, 9.17) is 0 Å². The van der Waals surface area contributed by atoms with Gasteiger partial charge < -0.3 is 4.90 Å². The van der Waals surface area contributed by atoms with Gasteiger partial charge in [0.2, 0.25) is 5.91 Å². The van der Waals surface area contributed by atoms with E-state index in [9.17, 15) is 9.59 Å². The molecule has 1 aliphatic rings. The number of amides is 3. The van der Waals surface area contributed by atoms with Crippen LogP contribution in [0.25, 0.3) is 0 Å². The molecular weight excluding hydrogens is 168 g/mol. The third-order valence-electron chi connectivity index (χ3n) is 2.49. The summed E-state index contributed by atoms with van der Waals surface area (Å²) in [6.45, 7) is 3.72. The van der Waals surface area contributed by atoms with E-state index in [2.05, 4.69) is 0 Å². The van der Waals surface area contributed by atoms with Gasteiger partial charge in [0.1, 0.15) is 0 Å². The van der Waals surface area contributed by atoms with Crippen LogP contribution in [0.15, 0.2) is 11.3 Å². The van der Waals surface area contributed by atoms with E-state index in [1.807, 2.05) is 13.8 Å². The molecule has 0 fully saturated rings. The molecule has 0 aromatic rings. The third-order valence-corrected chi connectivity index (χ3v) is 2.49. The van der Waals surface area contributed by atoms with Crippen molar-refractivity contribution in [2.24, 2.45) is 0 Å². The van der Waals surface area contributed by atoms with Crippen molar-refractivity contribution in [1.29, 1.82) is 0 Å². The summed E-state index contributed by atoms with van der Waals surface area (Å²) >= 11 is 0. The molecule has 0 aromatic carbocycles. The van der Waals surface area contributed by atoms with Gasteiger partial charge in [0.15, 0.2) is 0 Å². The molecule has 0 radical (unpaired) electrons. The lowest BCUT2D eigenvalue weighted by atomic mass is 10.1. The normalized spacial score (nSPS) is 19.7. The Labute approximate surface area is 77.8 Å². The van der Waals surface area contributed by atoms with Gasteiger partial charge in [-0.1, -0.05) is 0 Å². The Bertz CT molecular complexity index is 294. The molecule has 0 aromatic heterocycles. The fraction of sp³-hybridized carbons (Fsp3) is 0.556. The van der Waals surface area contributed by atoms with Crippen LogP contribution in [0.3, 0.4) is 0 Å². The minimum absolute atomic E-state index is 0.147. The first-order valence-electron chi connectivity index (χ1n) is 4.15. The van der Waals surface area contributed by atoms with Crippen LogP contribution in [-0.4, -0.2) is 35.8 Å². The number of hydrogen-bond donors (Lipinski definition) is 0. The average Bonchev–Trinajstić information content (AvgIpc) is 2.15. The molecule has 1 rings (SSSR count). The molecule has 72 valence electrons. The number of carbonyl (C=O) groups excluding carboxylic acids is 2. The van der Waals surface area contributed by atoms with Crippen molar-refractivity contribution in [3.05, 3.63) is 11.3 Å². The van der Waals surface area contributed by atoms with Crippen LogP contribution in [0.4, 0.5) is 4.79 Å². The fourth-order valence-corrected chi connectivity index (χ4v) is 1.23. The molecule has 4 heteroatoms. The van der Waals surface area contributed by atoms with Crippen LogP contribution in [0.2, 0.25) is 0 Å². The van der Waals surface area contributed by atoms with E-state index in [0.29, 0.717) is 6.42 Å². The maximum Gasteiger partial charge on any atom is 0.330 e. The average molecular weight is 182 g/mol. The molecule has 1 aliphatic heterocycles. The molecule has 0 atom stereocenters. The number of rotatable bonds is 0. The highest BCUT2D eigenvalue weighted by molar-refractivity contribution is 5.96. The Kier molecular flexibility index (Phi) is 2.40.